The number of thioether (sulfide) groups is 1. The lowest BCUT2D eigenvalue weighted by Gasteiger charge is -2.29. The summed E-state index contributed by atoms with van der Waals surface area (Å²) in [5, 5.41) is 2.85. The maximum atomic E-state index is 12.6. The predicted octanol–water partition coefficient (Wildman–Crippen LogP) is 6.00. The van der Waals surface area contributed by atoms with Crippen LogP contribution in [-0.2, 0) is 6.54 Å². The molecular weight excluding hydrogens is 461 g/mol. The van der Waals surface area contributed by atoms with Crippen LogP contribution in [-0.4, -0.2) is 40.1 Å². The highest BCUT2D eigenvalue weighted by molar-refractivity contribution is 8.00. The van der Waals surface area contributed by atoms with Crippen molar-refractivity contribution in [3.05, 3.63) is 84.2 Å². The van der Waals surface area contributed by atoms with Crippen molar-refractivity contribution in [2.24, 2.45) is 0 Å². The van der Waals surface area contributed by atoms with Crippen molar-refractivity contribution >= 4 is 29.0 Å². The van der Waals surface area contributed by atoms with E-state index in [1.165, 1.54) is 12.1 Å². The molecule has 0 unspecified atom stereocenters. The fraction of sp³-hybridized carbons (Fsp3) is 0.280. The zero-order chi connectivity index (χ0) is 24.3. The molecule has 0 aliphatic carbocycles. The van der Waals surface area contributed by atoms with E-state index in [-0.39, 0.29) is 28.1 Å². The summed E-state index contributed by atoms with van der Waals surface area (Å²) < 4.78 is 37.8. The van der Waals surface area contributed by atoms with Gasteiger partial charge in [0.1, 0.15) is 5.69 Å². The highest BCUT2D eigenvalue weighted by Crippen LogP contribution is 2.38. The second-order valence-electron chi connectivity index (χ2n) is 8.76. The molecule has 1 aliphatic heterocycles. The molecule has 9 heteroatoms. The quantitative estimate of drug-likeness (QED) is 0.433. The summed E-state index contributed by atoms with van der Waals surface area (Å²) in [5.74, 6) is -0.271. The van der Waals surface area contributed by atoms with Crippen LogP contribution in [0.25, 0.3) is 0 Å². The van der Waals surface area contributed by atoms with E-state index in [1.54, 1.807) is 24.4 Å². The Labute approximate surface area is 201 Å². The Morgan fingerprint density at radius 2 is 1.79 bits per heavy atom. The normalized spacial score (nSPS) is 16.0. The Hall–Kier alpha value is -3.04. The van der Waals surface area contributed by atoms with Crippen LogP contribution in [0.3, 0.4) is 0 Å². The topological polar surface area (TPSA) is 48.5 Å². The zero-order valence-electron chi connectivity index (χ0n) is 18.8. The van der Waals surface area contributed by atoms with Crippen LogP contribution in [0.15, 0.2) is 77.8 Å². The standard InChI is InChI=1S/C25H25F3N4OS/c1-24(2)16-31(20-8-10-21(11-9-20)34-25(26,27)28)17-32(24)15-18-12-13-29-22(14-18)23(33)30-19-6-4-3-5-7-19/h3-14H,15-17H2,1-2H3,(H,30,33). The number of halogens is 3. The Morgan fingerprint density at radius 3 is 2.47 bits per heavy atom. The van der Waals surface area contributed by atoms with Crippen LogP contribution in [0.5, 0.6) is 0 Å². The second kappa shape index (κ2) is 9.68. The number of pyridine rings is 1. The van der Waals surface area contributed by atoms with E-state index in [2.05, 4.69) is 33.9 Å². The third kappa shape index (κ3) is 6.09. The van der Waals surface area contributed by atoms with Crippen molar-refractivity contribution < 1.29 is 18.0 Å². The average Bonchev–Trinajstić information content (AvgIpc) is 3.08. The van der Waals surface area contributed by atoms with Crippen molar-refractivity contribution in [1.29, 1.82) is 0 Å². The first kappa shape index (κ1) is 24.1. The maximum Gasteiger partial charge on any atom is 0.446 e. The Kier molecular flexibility index (Phi) is 6.86. The molecule has 0 bridgehead atoms. The van der Waals surface area contributed by atoms with Gasteiger partial charge >= 0.3 is 5.51 Å². The number of hydrogen-bond acceptors (Lipinski definition) is 5. The lowest BCUT2D eigenvalue weighted by Crippen LogP contribution is -2.39. The minimum Gasteiger partial charge on any atom is -0.357 e. The van der Waals surface area contributed by atoms with Gasteiger partial charge in [-0.1, -0.05) is 18.2 Å². The van der Waals surface area contributed by atoms with E-state index < -0.39 is 5.51 Å². The monoisotopic (exact) mass is 486 g/mol. The fourth-order valence-corrected chi connectivity index (χ4v) is 4.48. The smallest absolute Gasteiger partial charge is 0.357 e. The summed E-state index contributed by atoms with van der Waals surface area (Å²) in [4.78, 5) is 21.4. The van der Waals surface area contributed by atoms with Gasteiger partial charge in [-0.05, 0) is 79.7 Å². The van der Waals surface area contributed by atoms with E-state index in [0.29, 0.717) is 24.6 Å². The number of carbonyl (C=O) groups is 1. The van der Waals surface area contributed by atoms with Crippen LogP contribution in [0, 0.1) is 0 Å². The number of amides is 1. The van der Waals surface area contributed by atoms with E-state index >= 15 is 0 Å². The third-order valence-electron chi connectivity index (χ3n) is 5.67. The lowest BCUT2D eigenvalue weighted by atomic mass is 10.0. The summed E-state index contributed by atoms with van der Waals surface area (Å²) in [5.41, 5.74) is -1.59. The van der Waals surface area contributed by atoms with Gasteiger partial charge in [-0.3, -0.25) is 14.7 Å². The first-order chi connectivity index (χ1) is 16.1. The van der Waals surface area contributed by atoms with Gasteiger partial charge in [0, 0.05) is 41.1 Å². The van der Waals surface area contributed by atoms with Gasteiger partial charge in [-0.25, -0.2) is 0 Å². The minimum absolute atomic E-state index is 0.109. The Balaban J connectivity index is 1.43. The van der Waals surface area contributed by atoms with Crippen LogP contribution in [0.2, 0.25) is 0 Å². The van der Waals surface area contributed by atoms with Gasteiger partial charge < -0.3 is 10.2 Å². The van der Waals surface area contributed by atoms with Gasteiger partial charge in [-0.15, -0.1) is 0 Å². The maximum absolute atomic E-state index is 12.6. The SMILES string of the molecule is CC1(C)CN(c2ccc(SC(F)(F)F)cc2)CN1Cc1ccnc(C(=O)Nc2ccccc2)c1. The molecule has 3 aromatic rings. The van der Waals surface area contributed by atoms with Gasteiger partial charge in [0.2, 0.25) is 0 Å². The lowest BCUT2D eigenvalue weighted by molar-refractivity contribution is -0.0328. The van der Waals surface area contributed by atoms with Crippen LogP contribution < -0.4 is 10.2 Å². The van der Waals surface area contributed by atoms with E-state index in [0.717, 1.165) is 17.8 Å². The molecule has 0 spiro atoms. The molecule has 2 aromatic carbocycles. The Bertz CT molecular complexity index is 1140. The molecular formula is C25H25F3N4OS. The molecule has 5 nitrogen and oxygen atoms in total. The van der Waals surface area contributed by atoms with E-state index in [1.807, 2.05) is 36.4 Å². The first-order valence-corrected chi connectivity index (χ1v) is 11.6. The number of nitrogens with one attached hydrogen (secondary N) is 1. The summed E-state index contributed by atoms with van der Waals surface area (Å²) in [7, 11) is 0. The predicted molar refractivity (Wildman–Crippen MR) is 129 cm³/mol. The Morgan fingerprint density at radius 1 is 1.09 bits per heavy atom. The van der Waals surface area contributed by atoms with Crippen molar-refractivity contribution in [2.75, 3.05) is 23.4 Å². The van der Waals surface area contributed by atoms with Crippen molar-refractivity contribution in [3.8, 4) is 0 Å². The fourth-order valence-electron chi connectivity index (χ4n) is 3.94. The summed E-state index contributed by atoms with van der Waals surface area (Å²) in [6, 6.07) is 19.4. The minimum atomic E-state index is -4.30. The number of alkyl halides is 3. The molecule has 1 fully saturated rings. The number of benzene rings is 2. The molecule has 1 aromatic heterocycles. The van der Waals surface area contributed by atoms with Gasteiger partial charge in [0.05, 0.1) is 6.67 Å². The van der Waals surface area contributed by atoms with E-state index in [9.17, 15) is 18.0 Å². The van der Waals surface area contributed by atoms with Crippen LogP contribution in [0.1, 0.15) is 29.9 Å². The number of nitrogens with zero attached hydrogens (tertiary/aromatic N) is 3. The zero-order valence-corrected chi connectivity index (χ0v) is 19.7. The molecule has 4 rings (SSSR count). The number of carbonyl (C=O) groups excluding carboxylic acids is 1. The largest absolute Gasteiger partial charge is 0.446 e. The van der Waals surface area contributed by atoms with Gasteiger partial charge in [0.15, 0.2) is 0 Å². The van der Waals surface area contributed by atoms with Crippen molar-refractivity contribution in [2.45, 2.75) is 36.3 Å². The molecule has 1 aliphatic rings. The molecule has 1 N–H and O–H groups in total. The highest BCUT2D eigenvalue weighted by atomic mass is 32.2. The second-order valence-corrected chi connectivity index (χ2v) is 9.90. The van der Waals surface area contributed by atoms with Gasteiger partial charge in [0.25, 0.3) is 5.91 Å². The molecule has 178 valence electrons. The van der Waals surface area contributed by atoms with Crippen molar-refractivity contribution in [3.63, 3.8) is 0 Å². The van der Waals surface area contributed by atoms with Gasteiger partial charge in [-0.2, -0.15) is 13.2 Å². The number of rotatable bonds is 6. The number of anilines is 2. The summed E-state index contributed by atoms with van der Waals surface area (Å²) >= 11 is -0.109. The van der Waals surface area contributed by atoms with Crippen molar-refractivity contribution in [1.82, 2.24) is 9.88 Å². The van der Waals surface area contributed by atoms with Crippen LogP contribution in [0.4, 0.5) is 24.5 Å². The molecule has 34 heavy (non-hydrogen) atoms. The third-order valence-corrected chi connectivity index (χ3v) is 6.41. The first-order valence-electron chi connectivity index (χ1n) is 10.8. The highest BCUT2D eigenvalue weighted by Gasteiger charge is 2.37. The number of hydrogen-bond donors (Lipinski definition) is 1. The molecule has 1 amide bonds. The molecule has 1 saturated heterocycles. The number of aromatic nitrogens is 1. The average molecular weight is 487 g/mol. The number of para-hydroxylation sites is 1. The molecule has 0 radical (unpaired) electrons. The van der Waals surface area contributed by atoms with Crippen LogP contribution >= 0.6 is 11.8 Å². The molecule has 2 heterocycles. The molecule has 0 atom stereocenters. The summed E-state index contributed by atoms with van der Waals surface area (Å²) in [6.45, 7) is 6.22. The summed E-state index contributed by atoms with van der Waals surface area (Å²) in [6.07, 6.45) is 1.63. The van der Waals surface area contributed by atoms with E-state index in [4.69, 9.17) is 0 Å². The molecule has 0 saturated carbocycles.